The lowest BCUT2D eigenvalue weighted by atomic mass is 9.93. The van der Waals surface area contributed by atoms with E-state index in [9.17, 15) is 0 Å². The van der Waals surface area contributed by atoms with Crippen LogP contribution in [0, 0.1) is 0 Å². The highest BCUT2D eigenvalue weighted by Gasteiger charge is 2.22. The smallest absolute Gasteiger partial charge is 0.0546 e. The predicted octanol–water partition coefficient (Wildman–Crippen LogP) is 19.6. The van der Waals surface area contributed by atoms with Gasteiger partial charge in [0.2, 0.25) is 0 Å². The zero-order chi connectivity index (χ0) is 43.0. The van der Waals surface area contributed by atoms with Crippen LogP contribution >= 0.6 is 31.9 Å². The Morgan fingerprint density at radius 1 is 0.262 bits per heavy atom. The second kappa shape index (κ2) is 18.1. The molecule has 0 aromatic heterocycles. The summed E-state index contributed by atoms with van der Waals surface area (Å²) in [6, 6.07) is 86.6. The molecule has 0 spiro atoms. The van der Waals surface area contributed by atoms with Crippen LogP contribution in [0.25, 0.3) is 64.6 Å². The van der Waals surface area contributed by atoms with Gasteiger partial charge in [-0.15, -0.1) is 0 Å². The van der Waals surface area contributed by atoms with Gasteiger partial charge in [0.1, 0.15) is 0 Å². The van der Waals surface area contributed by atoms with Crippen LogP contribution in [-0.2, 0) is 0 Å². The third-order valence-corrected chi connectivity index (χ3v) is 13.4. The van der Waals surface area contributed by atoms with Crippen LogP contribution in [0.1, 0.15) is 8.85 Å². The van der Waals surface area contributed by atoms with Crippen molar-refractivity contribution in [3.8, 4) is 0 Å². The van der Waals surface area contributed by atoms with Gasteiger partial charge in [0, 0.05) is 43.9 Å². The van der Waals surface area contributed by atoms with E-state index in [-0.39, 0.29) is 8.85 Å². The number of nitrogens with zero attached hydrogens (tertiary/aromatic N) is 2. The van der Waals surface area contributed by atoms with Crippen LogP contribution in [-0.4, -0.2) is 0 Å². The van der Waals surface area contributed by atoms with Crippen molar-refractivity contribution in [3.63, 3.8) is 0 Å². The molecule has 0 fully saturated rings. The lowest BCUT2D eigenvalue weighted by molar-refractivity contribution is 1.30. The molecule has 0 aliphatic heterocycles. The van der Waals surface area contributed by atoms with Gasteiger partial charge in [0.15, 0.2) is 0 Å². The quantitative estimate of drug-likeness (QED) is 0.153. The second-order valence-electron chi connectivity index (χ2n) is 15.9. The maximum atomic E-state index is 3.69. The fourth-order valence-corrected chi connectivity index (χ4v) is 10.5. The molecule has 2 nitrogen and oxygen atoms in total. The fraction of sp³-hybridized carbons (Fsp3) is 0.0164. The maximum Gasteiger partial charge on any atom is 0.0546 e. The molecule has 0 bridgehead atoms. The van der Waals surface area contributed by atoms with Gasteiger partial charge in [0.25, 0.3) is 0 Å². The number of fused-ring (bicyclic) bond motifs is 10. The molecular formula is C61H46Br2N2. The van der Waals surface area contributed by atoms with Crippen molar-refractivity contribution in [2.75, 3.05) is 9.80 Å². The fourth-order valence-electron chi connectivity index (χ4n) is 9.36. The average Bonchev–Trinajstić information content (AvgIpc) is 3.36. The Hall–Kier alpha value is -7.24. The van der Waals surface area contributed by atoms with Crippen molar-refractivity contribution >= 4 is 131 Å². The molecule has 0 saturated heterocycles. The standard InChI is InChI=1S/C42H30N2.C18H10Br2.CH4.H2/c1-5-17-32(18-6-1)43(33-19-7-2-8-20-33)40-29-31-30-41(44(34-21-9-3-10-22-34)35-23-11-4-12-24-35)37-26-14-16-28-39(37)42(31)38-27-15-13-25-36(38)40;19-16-9-11-10-17(20)13-6-2-4-8-15(13)18(11)14-7-3-1-5-12(14)16;;/h1-30H;1-10H;1H4;1H/i;;;1+1. The van der Waals surface area contributed by atoms with E-state index in [1.807, 2.05) is 0 Å². The van der Waals surface area contributed by atoms with Crippen LogP contribution < -0.4 is 9.80 Å². The molecule has 12 aromatic carbocycles. The molecule has 0 unspecified atom stereocenters. The topological polar surface area (TPSA) is 6.48 Å². The minimum atomic E-state index is 0. The summed E-state index contributed by atoms with van der Waals surface area (Å²) in [5.41, 5.74) is 6.80. The summed E-state index contributed by atoms with van der Waals surface area (Å²) in [4.78, 5) is 4.76. The Morgan fingerprint density at radius 2 is 0.492 bits per heavy atom. The van der Waals surface area contributed by atoms with E-state index < -0.39 is 0 Å². The third-order valence-electron chi connectivity index (χ3n) is 12.1. The van der Waals surface area contributed by atoms with E-state index in [4.69, 9.17) is 0 Å². The van der Waals surface area contributed by atoms with Gasteiger partial charge in [-0.25, -0.2) is 0 Å². The first-order valence-electron chi connectivity index (χ1n) is 21.5. The lowest BCUT2D eigenvalue weighted by Gasteiger charge is -2.29. The minimum absolute atomic E-state index is 0. The van der Waals surface area contributed by atoms with Gasteiger partial charge in [0.05, 0.1) is 11.4 Å². The Labute approximate surface area is 398 Å². The summed E-state index contributed by atoms with van der Waals surface area (Å²) in [6.45, 7) is 0. The number of rotatable bonds is 6. The van der Waals surface area contributed by atoms with E-state index in [0.717, 1.165) is 43.1 Å². The molecule has 0 heterocycles. The first-order chi connectivity index (χ1) is 31.6. The molecule has 65 heavy (non-hydrogen) atoms. The first-order valence-corrected chi connectivity index (χ1v) is 23.1. The van der Waals surface area contributed by atoms with Crippen LogP contribution in [0.4, 0.5) is 34.1 Å². The highest BCUT2D eigenvalue weighted by molar-refractivity contribution is 9.11. The number of anilines is 6. The summed E-state index contributed by atoms with van der Waals surface area (Å²) < 4.78 is 2.28. The Bertz CT molecular complexity index is 3330. The number of halogens is 2. The van der Waals surface area contributed by atoms with E-state index in [0.29, 0.717) is 0 Å². The molecule has 0 aliphatic carbocycles. The molecule has 12 aromatic rings. The highest BCUT2D eigenvalue weighted by atomic mass is 79.9. The van der Waals surface area contributed by atoms with Crippen molar-refractivity contribution in [3.05, 3.63) is 252 Å². The lowest BCUT2D eigenvalue weighted by Crippen LogP contribution is -2.11. The largest absolute Gasteiger partial charge is 0.310 e. The van der Waals surface area contributed by atoms with E-state index >= 15 is 0 Å². The molecule has 0 atom stereocenters. The van der Waals surface area contributed by atoms with E-state index in [1.54, 1.807) is 0 Å². The molecule has 4 heteroatoms. The normalized spacial score (nSPS) is 11.1. The Morgan fingerprint density at radius 3 is 0.800 bits per heavy atom. The summed E-state index contributed by atoms with van der Waals surface area (Å²) in [5.74, 6) is 0. The Kier molecular flexibility index (Phi) is 11.6. The van der Waals surface area contributed by atoms with Crippen LogP contribution in [0.5, 0.6) is 0 Å². The van der Waals surface area contributed by atoms with Gasteiger partial charge < -0.3 is 9.80 Å². The predicted molar refractivity (Wildman–Crippen MR) is 292 cm³/mol. The molecule has 0 radical (unpaired) electrons. The zero-order valence-electron chi connectivity index (χ0n) is 34.7. The van der Waals surface area contributed by atoms with Gasteiger partial charge >= 0.3 is 0 Å². The summed E-state index contributed by atoms with van der Waals surface area (Å²) in [7, 11) is 0. The van der Waals surface area contributed by atoms with Crippen molar-refractivity contribution in [1.82, 2.24) is 0 Å². The van der Waals surface area contributed by atoms with Crippen LogP contribution in [0.2, 0.25) is 0 Å². The van der Waals surface area contributed by atoms with E-state index in [2.05, 4.69) is 284 Å². The summed E-state index contributed by atoms with van der Waals surface area (Å²) in [5, 5.41) is 15.1. The SMILES string of the molecule is Brc1cc2cc(Br)c3ccccc3c2c2ccccc12.C.[2HH].c1ccc(N(c2ccccc2)c2cc3cc(N(c4ccccc4)c4ccccc4)c4ccccc4c3c3ccccc23)cc1. The molecule has 0 aliphatic rings. The van der Waals surface area contributed by atoms with Gasteiger partial charge in [-0.05, 0) is 127 Å². The number of hydrogen-bond donors (Lipinski definition) is 0. The van der Waals surface area contributed by atoms with Crippen molar-refractivity contribution in [2.45, 2.75) is 7.43 Å². The zero-order valence-corrected chi connectivity index (χ0v) is 37.9. The average molecular weight is 968 g/mol. The van der Waals surface area contributed by atoms with Gasteiger partial charge in [-0.1, -0.05) is 209 Å². The van der Waals surface area contributed by atoms with Crippen LogP contribution in [0.3, 0.4) is 0 Å². The first kappa shape index (κ1) is 41.8. The number of hydrogen-bond acceptors (Lipinski definition) is 2. The monoisotopic (exact) mass is 965 g/mol. The van der Waals surface area contributed by atoms with Crippen LogP contribution in [0.15, 0.2) is 252 Å². The molecule has 314 valence electrons. The number of benzene rings is 12. The van der Waals surface area contributed by atoms with Crippen molar-refractivity contribution in [1.29, 1.82) is 0 Å². The second-order valence-corrected chi connectivity index (χ2v) is 17.6. The van der Waals surface area contributed by atoms with Gasteiger partial charge in [-0.2, -0.15) is 0 Å². The minimum Gasteiger partial charge on any atom is -0.310 e. The maximum absolute atomic E-state index is 3.69. The molecule has 0 amide bonds. The molecule has 0 saturated carbocycles. The van der Waals surface area contributed by atoms with E-state index in [1.165, 1.54) is 64.6 Å². The molecule has 12 rings (SSSR count). The molecule has 0 N–H and O–H groups in total. The molecular weight excluding hydrogens is 920 g/mol. The third kappa shape index (κ3) is 7.69. The highest BCUT2D eigenvalue weighted by Crippen LogP contribution is 2.47. The van der Waals surface area contributed by atoms with Crippen molar-refractivity contribution in [2.24, 2.45) is 0 Å². The summed E-state index contributed by atoms with van der Waals surface area (Å²) >= 11 is 7.38. The van der Waals surface area contributed by atoms with Gasteiger partial charge in [-0.3, -0.25) is 0 Å². The number of para-hydroxylation sites is 4. The Balaban J connectivity index is 0.000000209. The van der Waals surface area contributed by atoms with Crippen molar-refractivity contribution < 1.29 is 1.43 Å². The summed E-state index contributed by atoms with van der Waals surface area (Å²) in [6.07, 6.45) is 0.